The molecule has 4 rings (SSSR count). The Bertz CT molecular complexity index is 1400. The lowest BCUT2D eigenvalue weighted by Crippen LogP contribution is -2.50. The molecule has 0 unspecified atom stereocenters. The van der Waals surface area contributed by atoms with Crippen molar-refractivity contribution in [3.63, 3.8) is 0 Å². The summed E-state index contributed by atoms with van der Waals surface area (Å²) >= 11 is 0. The molecule has 4 aromatic rings. The Labute approximate surface area is 220 Å². The molecule has 38 heavy (non-hydrogen) atoms. The summed E-state index contributed by atoms with van der Waals surface area (Å²) in [7, 11) is 0. The second-order valence-electron chi connectivity index (χ2n) is 9.83. The highest BCUT2D eigenvalue weighted by molar-refractivity contribution is 6.01. The third kappa shape index (κ3) is 6.28. The van der Waals surface area contributed by atoms with Crippen molar-refractivity contribution < 1.29 is 23.2 Å². The SMILES string of the molecule is CCOc1ccc(N(C(=O)Cn2nnc(-c3ccc(C)o3)n2)[C@@H](C(=O)NC(C)(C)C)c2ccc(C)o2)cc1. The largest absolute Gasteiger partial charge is 0.494 e. The van der Waals surface area contributed by atoms with Crippen LogP contribution in [0.2, 0.25) is 0 Å². The molecule has 1 aromatic carbocycles. The molecule has 3 aromatic heterocycles. The van der Waals surface area contributed by atoms with Crippen molar-refractivity contribution in [3.05, 3.63) is 65.8 Å². The van der Waals surface area contributed by atoms with Crippen LogP contribution in [0.5, 0.6) is 5.75 Å². The molecule has 0 saturated heterocycles. The van der Waals surface area contributed by atoms with Crippen molar-refractivity contribution in [2.45, 2.75) is 59.7 Å². The molecule has 200 valence electrons. The van der Waals surface area contributed by atoms with E-state index in [1.54, 1.807) is 55.5 Å². The van der Waals surface area contributed by atoms with E-state index in [9.17, 15) is 9.59 Å². The number of carbonyl (C=O) groups excluding carboxylic acids is 2. The van der Waals surface area contributed by atoms with Crippen molar-refractivity contribution in [2.24, 2.45) is 0 Å². The number of rotatable bonds is 9. The number of carbonyl (C=O) groups is 2. The van der Waals surface area contributed by atoms with Crippen molar-refractivity contribution in [1.82, 2.24) is 25.5 Å². The van der Waals surface area contributed by atoms with Crippen LogP contribution >= 0.6 is 0 Å². The quantitative estimate of drug-likeness (QED) is 0.347. The topological polar surface area (TPSA) is 129 Å². The Hall–Kier alpha value is -4.41. The van der Waals surface area contributed by atoms with Crippen LogP contribution in [-0.2, 0) is 16.1 Å². The number of tetrazole rings is 1. The molecule has 0 spiro atoms. The third-order valence-electron chi connectivity index (χ3n) is 5.42. The van der Waals surface area contributed by atoms with E-state index in [-0.39, 0.29) is 12.4 Å². The van der Waals surface area contributed by atoms with Gasteiger partial charge in [-0.05, 0) is 95.3 Å². The zero-order valence-electron chi connectivity index (χ0n) is 22.4. The van der Waals surface area contributed by atoms with Gasteiger partial charge < -0.3 is 18.9 Å². The van der Waals surface area contributed by atoms with E-state index < -0.39 is 23.4 Å². The first-order valence-electron chi connectivity index (χ1n) is 12.3. The molecule has 0 aliphatic heterocycles. The van der Waals surface area contributed by atoms with Crippen LogP contribution in [-0.4, -0.2) is 44.2 Å². The molecule has 0 aliphatic rings. The Morgan fingerprint density at radius 1 is 1.03 bits per heavy atom. The van der Waals surface area contributed by atoms with Gasteiger partial charge in [-0.25, -0.2) is 0 Å². The normalized spacial score (nSPS) is 12.3. The Morgan fingerprint density at radius 2 is 1.71 bits per heavy atom. The molecule has 0 aliphatic carbocycles. The zero-order valence-corrected chi connectivity index (χ0v) is 22.4. The predicted octanol–water partition coefficient (Wildman–Crippen LogP) is 4.23. The molecule has 3 heterocycles. The van der Waals surface area contributed by atoms with E-state index in [2.05, 4.69) is 20.7 Å². The van der Waals surface area contributed by atoms with Crippen LogP contribution in [0.3, 0.4) is 0 Å². The number of aryl methyl sites for hydroxylation is 2. The highest BCUT2D eigenvalue weighted by atomic mass is 16.5. The van der Waals surface area contributed by atoms with E-state index in [4.69, 9.17) is 13.6 Å². The zero-order chi connectivity index (χ0) is 27.4. The first-order valence-corrected chi connectivity index (χ1v) is 12.3. The number of anilines is 1. The fourth-order valence-corrected chi connectivity index (χ4v) is 3.88. The second-order valence-corrected chi connectivity index (χ2v) is 9.83. The Balaban J connectivity index is 1.73. The summed E-state index contributed by atoms with van der Waals surface area (Å²) in [5, 5.41) is 15.3. The van der Waals surface area contributed by atoms with Crippen LogP contribution in [0.1, 0.15) is 51.0 Å². The van der Waals surface area contributed by atoms with Crippen molar-refractivity contribution >= 4 is 17.5 Å². The average molecular weight is 521 g/mol. The summed E-state index contributed by atoms with van der Waals surface area (Å²) in [5.41, 5.74) is -0.0721. The van der Waals surface area contributed by atoms with E-state index >= 15 is 0 Å². The molecule has 1 atom stereocenters. The lowest BCUT2D eigenvalue weighted by molar-refractivity contribution is -0.128. The molecule has 0 saturated carbocycles. The van der Waals surface area contributed by atoms with Gasteiger partial charge >= 0.3 is 0 Å². The van der Waals surface area contributed by atoms with Gasteiger partial charge in [-0.15, -0.1) is 10.2 Å². The van der Waals surface area contributed by atoms with Crippen molar-refractivity contribution in [3.8, 4) is 17.3 Å². The number of amides is 2. The van der Waals surface area contributed by atoms with Gasteiger partial charge in [-0.2, -0.15) is 4.80 Å². The molecule has 11 nitrogen and oxygen atoms in total. The lowest BCUT2D eigenvalue weighted by atomic mass is 10.1. The minimum atomic E-state index is -1.09. The van der Waals surface area contributed by atoms with E-state index in [0.717, 1.165) is 0 Å². The van der Waals surface area contributed by atoms with Crippen LogP contribution < -0.4 is 15.0 Å². The number of benzene rings is 1. The van der Waals surface area contributed by atoms with Gasteiger partial charge in [0.1, 0.15) is 29.6 Å². The van der Waals surface area contributed by atoms with Gasteiger partial charge in [-0.1, -0.05) is 0 Å². The lowest BCUT2D eigenvalue weighted by Gasteiger charge is -2.32. The summed E-state index contributed by atoms with van der Waals surface area (Å²) in [5.74, 6) is 2.14. The minimum Gasteiger partial charge on any atom is -0.494 e. The highest BCUT2D eigenvalue weighted by Gasteiger charge is 2.37. The molecule has 0 bridgehead atoms. The fourth-order valence-electron chi connectivity index (χ4n) is 3.88. The minimum absolute atomic E-state index is 0.252. The van der Waals surface area contributed by atoms with Gasteiger partial charge in [0.15, 0.2) is 11.8 Å². The molecule has 0 radical (unpaired) electrons. The van der Waals surface area contributed by atoms with Gasteiger partial charge in [0.05, 0.1) is 6.61 Å². The van der Waals surface area contributed by atoms with E-state index in [1.165, 1.54) is 9.70 Å². The van der Waals surface area contributed by atoms with Crippen molar-refractivity contribution in [1.29, 1.82) is 0 Å². The molecule has 1 N–H and O–H groups in total. The van der Waals surface area contributed by atoms with Crippen LogP contribution in [0, 0.1) is 13.8 Å². The monoisotopic (exact) mass is 520 g/mol. The Kier molecular flexibility index (Phi) is 7.65. The molecular weight excluding hydrogens is 488 g/mol. The summed E-state index contributed by atoms with van der Waals surface area (Å²) in [6.07, 6.45) is 0. The van der Waals surface area contributed by atoms with Gasteiger partial charge in [0.2, 0.25) is 5.82 Å². The summed E-state index contributed by atoms with van der Waals surface area (Å²) in [6.45, 7) is 11.3. The fraction of sp³-hybridized carbons (Fsp3) is 0.370. The van der Waals surface area contributed by atoms with Gasteiger partial charge in [-0.3, -0.25) is 14.5 Å². The van der Waals surface area contributed by atoms with Crippen LogP contribution in [0.15, 0.2) is 57.4 Å². The number of ether oxygens (including phenoxy) is 1. The standard InChI is InChI=1S/C27H32N6O5/c1-7-36-20-12-10-19(11-13-20)33(24(21-14-8-17(2)37-21)26(35)28-27(4,5)6)23(34)16-32-30-25(29-31-32)22-15-9-18(3)38-22/h8-15,24H,7,16H2,1-6H3,(H,28,35)/t24-/m1/s1. The third-order valence-corrected chi connectivity index (χ3v) is 5.42. The maximum Gasteiger partial charge on any atom is 0.251 e. The maximum absolute atomic E-state index is 13.9. The maximum atomic E-state index is 13.9. The molecule has 0 fully saturated rings. The van der Waals surface area contributed by atoms with Gasteiger partial charge in [0, 0.05) is 11.2 Å². The number of hydrogen-bond acceptors (Lipinski definition) is 8. The number of furan rings is 2. The highest BCUT2D eigenvalue weighted by Crippen LogP contribution is 2.31. The summed E-state index contributed by atoms with van der Waals surface area (Å²) in [6, 6.07) is 12.8. The van der Waals surface area contributed by atoms with Crippen LogP contribution in [0.25, 0.3) is 11.6 Å². The van der Waals surface area contributed by atoms with Gasteiger partial charge in [0.25, 0.3) is 11.8 Å². The number of nitrogens with zero attached hydrogens (tertiary/aromatic N) is 5. The van der Waals surface area contributed by atoms with Crippen molar-refractivity contribution in [2.75, 3.05) is 11.5 Å². The Morgan fingerprint density at radius 3 is 2.29 bits per heavy atom. The number of hydrogen-bond donors (Lipinski definition) is 1. The molecule has 11 heteroatoms. The van der Waals surface area contributed by atoms with Crippen LogP contribution in [0.4, 0.5) is 5.69 Å². The predicted molar refractivity (Wildman–Crippen MR) is 139 cm³/mol. The molecular formula is C27H32N6O5. The first kappa shape index (κ1) is 26.6. The van der Waals surface area contributed by atoms with E-state index in [1.807, 2.05) is 34.6 Å². The second kappa shape index (κ2) is 10.9. The van der Waals surface area contributed by atoms with E-state index in [0.29, 0.717) is 41.1 Å². The first-order chi connectivity index (χ1) is 18.0. The number of aromatic nitrogens is 4. The summed E-state index contributed by atoms with van der Waals surface area (Å²) in [4.78, 5) is 30.1. The molecule has 2 amide bonds. The summed E-state index contributed by atoms with van der Waals surface area (Å²) < 4.78 is 17.0. The number of nitrogens with one attached hydrogen (secondary N) is 1. The smallest absolute Gasteiger partial charge is 0.251 e. The average Bonchev–Trinajstić information content (AvgIpc) is 3.58.